The Kier molecular flexibility index (Phi) is 4.29. The molecule has 0 fully saturated rings. The number of hydrogen-bond acceptors (Lipinski definition) is 4. The normalized spacial score (nSPS) is 10.3. The molecule has 1 N–H and O–H groups in total. The first-order valence-electron chi connectivity index (χ1n) is 7.11. The SMILES string of the molecule is O=C(C[n+]1ccncc1Oc1ccc(O)cc1)c1ccccc1. The van der Waals surface area contributed by atoms with Crippen molar-refractivity contribution in [2.45, 2.75) is 6.54 Å². The van der Waals surface area contributed by atoms with Crippen LogP contribution >= 0.6 is 0 Å². The average Bonchev–Trinajstić information content (AvgIpc) is 2.59. The Balaban J connectivity index is 1.80. The summed E-state index contributed by atoms with van der Waals surface area (Å²) >= 11 is 0. The highest BCUT2D eigenvalue weighted by atomic mass is 16.5. The number of carbonyl (C=O) groups is 1. The largest absolute Gasteiger partial charge is 0.508 e. The molecule has 0 aliphatic heterocycles. The minimum absolute atomic E-state index is 0.0163. The Morgan fingerprint density at radius 2 is 1.83 bits per heavy atom. The molecule has 0 saturated heterocycles. The Bertz CT molecular complexity index is 802. The van der Waals surface area contributed by atoms with Crippen LogP contribution in [0, 0.1) is 0 Å². The lowest BCUT2D eigenvalue weighted by molar-refractivity contribution is -0.687. The molecule has 114 valence electrons. The van der Waals surface area contributed by atoms with Crippen molar-refractivity contribution in [2.24, 2.45) is 0 Å². The summed E-state index contributed by atoms with van der Waals surface area (Å²) in [6, 6.07) is 15.5. The number of aromatic hydroxyl groups is 1. The van der Waals surface area contributed by atoms with Gasteiger partial charge in [0.25, 0.3) is 0 Å². The maximum atomic E-state index is 12.3. The summed E-state index contributed by atoms with van der Waals surface area (Å²) in [7, 11) is 0. The molecule has 0 atom stereocenters. The average molecular weight is 307 g/mol. The van der Waals surface area contributed by atoms with Crippen molar-refractivity contribution in [2.75, 3.05) is 0 Å². The molecule has 0 amide bonds. The Hall–Kier alpha value is -3.21. The molecule has 2 aromatic carbocycles. The number of ketones is 1. The first-order valence-corrected chi connectivity index (χ1v) is 7.11. The van der Waals surface area contributed by atoms with Gasteiger partial charge in [-0.2, -0.15) is 4.57 Å². The monoisotopic (exact) mass is 307 g/mol. The predicted molar refractivity (Wildman–Crippen MR) is 83.4 cm³/mol. The quantitative estimate of drug-likeness (QED) is 0.581. The number of phenols is 1. The zero-order valence-electron chi connectivity index (χ0n) is 12.3. The number of aromatic nitrogens is 2. The van der Waals surface area contributed by atoms with Gasteiger partial charge in [0, 0.05) is 5.56 Å². The van der Waals surface area contributed by atoms with Crippen molar-refractivity contribution in [3.05, 3.63) is 78.8 Å². The molecule has 5 nitrogen and oxygen atoms in total. The van der Waals surface area contributed by atoms with Gasteiger partial charge in [-0.3, -0.25) is 4.79 Å². The second-order valence-corrected chi connectivity index (χ2v) is 4.93. The fourth-order valence-corrected chi connectivity index (χ4v) is 2.09. The van der Waals surface area contributed by atoms with Crippen molar-refractivity contribution < 1.29 is 19.2 Å². The van der Waals surface area contributed by atoms with Crippen molar-refractivity contribution in [3.63, 3.8) is 0 Å². The van der Waals surface area contributed by atoms with E-state index in [0.717, 1.165) is 0 Å². The summed E-state index contributed by atoms with van der Waals surface area (Å²) in [5, 5.41) is 9.30. The summed E-state index contributed by atoms with van der Waals surface area (Å²) in [6.07, 6.45) is 4.84. The molecule has 0 aliphatic rings. The first-order chi connectivity index (χ1) is 11.2. The zero-order valence-corrected chi connectivity index (χ0v) is 12.3. The minimum atomic E-state index is -0.0163. The number of ether oxygens (including phenoxy) is 1. The topological polar surface area (TPSA) is 63.3 Å². The van der Waals surface area contributed by atoms with E-state index in [-0.39, 0.29) is 18.1 Å². The second kappa shape index (κ2) is 6.70. The van der Waals surface area contributed by atoms with Crippen molar-refractivity contribution in [3.8, 4) is 17.4 Å². The lowest BCUT2D eigenvalue weighted by atomic mass is 10.1. The number of benzene rings is 2. The van der Waals surface area contributed by atoms with Gasteiger partial charge in [0.15, 0.2) is 6.20 Å². The van der Waals surface area contributed by atoms with Crippen LogP contribution < -0.4 is 9.30 Å². The first kappa shape index (κ1) is 14.7. The van der Waals surface area contributed by atoms with Crippen LogP contribution in [0.2, 0.25) is 0 Å². The number of rotatable bonds is 5. The van der Waals surface area contributed by atoms with E-state index in [9.17, 15) is 9.90 Å². The molecule has 3 aromatic rings. The lowest BCUT2D eigenvalue weighted by Gasteiger charge is -2.05. The molecular formula is C18H15N2O3+. The number of nitrogens with zero attached hydrogens (tertiary/aromatic N) is 2. The van der Waals surface area contributed by atoms with E-state index in [0.29, 0.717) is 17.2 Å². The molecule has 0 unspecified atom stereocenters. The zero-order chi connectivity index (χ0) is 16.1. The third-order valence-electron chi connectivity index (χ3n) is 3.27. The molecule has 23 heavy (non-hydrogen) atoms. The van der Waals surface area contributed by atoms with Gasteiger partial charge < -0.3 is 9.84 Å². The Labute approximate surface area is 133 Å². The number of Topliss-reactive ketones (excluding diaryl/α,β-unsaturated/α-hetero) is 1. The number of hydrogen-bond donors (Lipinski definition) is 1. The van der Waals surface area contributed by atoms with Crippen LogP contribution in [0.5, 0.6) is 17.4 Å². The van der Waals surface area contributed by atoms with E-state index in [1.165, 1.54) is 12.1 Å². The molecule has 0 saturated carbocycles. The summed E-state index contributed by atoms with van der Waals surface area (Å²) < 4.78 is 7.43. The Morgan fingerprint density at radius 3 is 2.57 bits per heavy atom. The van der Waals surface area contributed by atoms with Gasteiger partial charge in [-0.1, -0.05) is 30.3 Å². The molecule has 1 heterocycles. The van der Waals surface area contributed by atoms with Crippen LogP contribution in [0.1, 0.15) is 10.4 Å². The van der Waals surface area contributed by atoms with E-state index in [1.807, 2.05) is 18.2 Å². The van der Waals surface area contributed by atoms with Gasteiger partial charge in [0.1, 0.15) is 17.7 Å². The fourth-order valence-electron chi connectivity index (χ4n) is 2.09. The molecular weight excluding hydrogens is 292 g/mol. The fraction of sp³-hybridized carbons (Fsp3) is 0.0556. The molecule has 0 radical (unpaired) electrons. The van der Waals surface area contributed by atoms with Gasteiger partial charge >= 0.3 is 5.88 Å². The van der Waals surface area contributed by atoms with E-state index in [4.69, 9.17) is 4.74 Å². The summed E-state index contributed by atoms with van der Waals surface area (Å²) in [6.45, 7) is 0.153. The highest BCUT2D eigenvalue weighted by Gasteiger charge is 2.18. The predicted octanol–water partition coefficient (Wildman–Crippen LogP) is 2.75. The van der Waals surface area contributed by atoms with Crippen molar-refractivity contribution in [1.82, 2.24) is 4.98 Å². The standard InChI is InChI=1S/C18H14N2O3/c21-15-6-8-16(9-7-15)23-18-12-19-10-11-20(18)13-17(22)14-4-2-1-3-5-14/h1-12H,13H2/p+1. The van der Waals surface area contributed by atoms with Gasteiger partial charge in [-0.25, -0.2) is 4.98 Å². The lowest BCUT2D eigenvalue weighted by Crippen LogP contribution is -2.39. The maximum Gasteiger partial charge on any atom is 0.392 e. The molecule has 0 aliphatic carbocycles. The van der Waals surface area contributed by atoms with E-state index in [2.05, 4.69) is 4.98 Å². The molecule has 5 heteroatoms. The summed E-state index contributed by atoms with van der Waals surface area (Å²) in [5.74, 6) is 1.15. The van der Waals surface area contributed by atoms with Crippen LogP contribution in [-0.4, -0.2) is 15.9 Å². The minimum Gasteiger partial charge on any atom is -0.508 e. The van der Waals surface area contributed by atoms with Gasteiger partial charge in [0.05, 0.1) is 6.20 Å². The third-order valence-corrected chi connectivity index (χ3v) is 3.27. The third kappa shape index (κ3) is 3.71. The maximum absolute atomic E-state index is 12.3. The second-order valence-electron chi connectivity index (χ2n) is 4.93. The Morgan fingerprint density at radius 1 is 1.09 bits per heavy atom. The molecule has 0 bridgehead atoms. The van der Waals surface area contributed by atoms with E-state index in [1.54, 1.807) is 47.4 Å². The molecule has 1 aromatic heterocycles. The van der Waals surface area contributed by atoms with Crippen molar-refractivity contribution >= 4 is 5.78 Å². The van der Waals surface area contributed by atoms with Gasteiger partial charge in [-0.15, -0.1) is 0 Å². The van der Waals surface area contributed by atoms with Gasteiger partial charge in [-0.05, 0) is 24.3 Å². The highest BCUT2D eigenvalue weighted by molar-refractivity contribution is 5.94. The van der Waals surface area contributed by atoms with Crippen LogP contribution in [-0.2, 0) is 6.54 Å². The summed E-state index contributed by atoms with van der Waals surface area (Å²) in [4.78, 5) is 16.4. The highest BCUT2D eigenvalue weighted by Crippen LogP contribution is 2.20. The smallest absolute Gasteiger partial charge is 0.392 e. The molecule has 0 spiro atoms. The van der Waals surface area contributed by atoms with Crippen LogP contribution in [0.4, 0.5) is 0 Å². The van der Waals surface area contributed by atoms with Crippen LogP contribution in [0.3, 0.4) is 0 Å². The number of carbonyl (C=O) groups excluding carboxylic acids is 1. The van der Waals surface area contributed by atoms with Crippen LogP contribution in [0.15, 0.2) is 73.2 Å². The van der Waals surface area contributed by atoms with Gasteiger partial charge in [0.2, 0.25) is 12.3 Å². The van der Waals surface area contributed by atoms with Crippen molar-refractivity contribution in [1.29, 1.82) is 0 Å². The molecule has 3 rings (SSSR count). The van der Waals surface area contributed by atoms with E-state index < -0.39 is 0 Å². The van der Waals surface area contributed by atoms with Crippen LogP contribution in [0.25, 0.3) is 0 Å². The van der Waals surface area contributed by atoms with E-state index >= 15 is 0 Å². The number of phenolic OH excluding ortho intramolecular Hbond substituents is 1. The summed E-state index contributed by atoms with van der Waals surface area (Å²) in [5.41, 5.74) is 0.646.